The van der Waals surface area contributed by atoms with Crippen LogP contribution in [0.3, 0.4) is 0 Å². The van der Waals surface area contributed by atoms with E-state index in [0.29, 0.717) is 11.3 Å². The zero-order valence-electron chi connectivity index (χ0n) is 10.2. The van der Waals surface area contributed by atoms with Crippen molar-refractivity contribution >= 4 is 19.5 Å². The van der Waals surface area contributed by atoms with Crippen LogP contribution < -0.4 is 9.92 Å². The van der Waals surface area contributed by atoms with E-state index in [0.717, 1.165) is 11.5 Å². The van der Waals surface area contributed by atoms with Crippen molar-refractivity contribution in [1.29, 1.82) is 0 Å². The van der Waals surface area contributed by atoms with Crippen molar-refractivity contribution in [2.24, 2.45) is 0 Å². The van der Waals surface area contributed by atoms with Gasteiger partial charge in [-0.2, -0.15) is 0 Å². The van der Waals surface area contributed by atoms with E-state index in [-0.39, 0.29) is 6.79 Å². The molecule has 0 saturated heterocycles. The standard InChI is InChI=1S/C12H18O3Si/c1-14-9-15-12-10(8-13)6-5-7-11(12)16(2,3)4/h5-8H,9H2,1-4H3. The van der Waals surface area contributed by atoms with Gasteiger partial charge in [0, 0.05) is 7.11 Å². The van der Waals surface area contributed by atoms with Gasteiger partial charge in [0.2, 0.25) is 0 Å². The zero-order valence-corrected chi connectivity index (χ0v) is 11.2. The van der Waals surface area contributed by atoms with Crippen LogP contribution in [0.2, 0.25) is 19.6 Å². The third-order valence-corrected chi connectivity index (χ3v) is 4.31. The zero-order chi connectivity index (χ0) is 12.2. The third-order valence-electron chi connectivity index (χ3n) is 2.30. The minimum absolute atomic E-state index is 0.169. The lowest BCUT2D eigenvalue weighted by molar-refractivity contribution is 0.0512. The van der Waals surface area contributed by atoms with E-state index < -0.39 is 8.07 Å². The van der Waals surface area contributed by atoms with Crippen molar-refractivity contribution in [2.45, 2.75) is 19.6 Å². The van der Waals surface area contributed by atoms with Crippen LogP contribution in [0.1, 0.15) is 10.4 Å². The number of hydrogen-bond donors (Lipinski definition) is 0. The summed E-state index contributed by atoms with van der Waals surface area (Å²) >= 11 is 0. The highest BCUT2D eigenvalue weighted by Gasteiger charge is 2.22. The van der Waals surface area contributed by atoms with Crippen molar-refractivity contribution in [1.82, 2.24) is 0 Å². The third kappa shape index (κ3) is 2.93. The molecule has 0 aromatic heterocycles. The summed E-state index contributed by atoms with van der Waals surface area (Å²) in [5.74, 6) is 0.679. The van der Waals surface area contributed by atoms with Crippen molar-refractivity contribution in [2.75, 3.05) is 13.9 Å². The van der Waals surface area contributed by atoms with E-state index >= 15 is 0 Å². The quantitative estimate of drug-likeness (QED) is 0.447. The summed E-state index contributed by atoms with van der Waals surface area (Å²) in [6.07, 6.45) is 0.828. The summed E-state index contributed by atoms with van der Waals surface area (Å²) in [4.78, 5) is 11.0. The van der Waals surface area contributed by atoms with Gasteiger partial charge in [0.1, 0.15) is 5.75 Å². The molecule has 0 aliphatic rings. The van der Waals surface area contributed by atoms with Crippen molar-refractivity contribution in [3.05, 3.63) is 23.8 Å². The molecule has 0 aliphatic carbocycles. The molecule has 1 aromatic rings. The van der Waals surface area contributed by atoms with Gasteiger partial charge in [-0.1, -0.05) is 31.8 Å². The monoisotopic (exact) mass is 238 g/mol. The Morgan fingerprint density at radius 1 is 1.31 bits per heavy atom. The summed E-state index contributed by atoms with van der Waals surface area (Å²) in [5, 5.41) is 1.15. The van der Waals surface area contributed by atoms with Gasteiger partial charge < -0.3 is 9.47 Å². The van der Waals surface area contributed by atoms with E-state index in [1.165, 1.54) is 0 Å². The van der Waals surface area contributed by atoms with Gasteiger partial charge in [-0.05, 0) is 11.3 Å². The topological polar surface area (TPSA) is 35.5 Å². The highest BCUT2D eigenvalue weighted by atomic mass is 28.3. The van der Waals surface area contributed by atoms with E-state index in [4.69, 9.17) is 9.47 Å². The fourth-order valence-corrected chi connectivity index (χ4v) is 3.01. The Hall–Kier alpha value is -1.13. The molecule has 16 heavy (non-hydrogen) atoms. The Morgan fingerprint density at radius 3 is 2.50 bits per heavy atom. The largest absolute Gasteiger partial charge is 0.467 e. The lowest BCUT2D eigenvalue weighted by atomic mass is 10.2. The molecular formula is C12H18O3Si. The molecule has 1 rings (SSSR count). The van der Waals surface area contributed by atoms with Gasteiger partial charge in [-0.15, -0.1) is 0 Å². The lowest BCUT2D eigenvalue weighted by Gasteiger charge is -2.21. The molecule has 0 spiro atoms. The molecular weight excluding hydrogens is 220 g/mol. The Balaban J connectivity index is 3.20. The first-order valence-corrected chi connectivity index (χ1v) is 8.71. The van der Waals surface area contributed by atoms with E-state index in [2.05, 4.69) is 19.6 Å². The van der Waals surface area contributed by atoms with Gasteiger partial charge in [0.05, 0.1) is 13.6 Å². The summed E-state index contributed by atoms with van der Waals surface area (Å²) in [7, 11) is 0.0522. The highest BCUT2D eigenvalue weighted by molar-refractivity contribution is 6.89. The molecule has 0 bridgehead atoms. The van der Waals surface area contributed by atoms with Crippen LogP contribution in [0.5, 0.6) is 5.75 Å². The molecule has 0 aliphatic heterocycles. The first-order chi connectivity index (χ1) is 7.50. The number of carbonyl (C=O) groups excluding carboxylic acids is 1. The summed E-state index contributed by atoms with van der Waals surface area (Å²) in [6, 6.07) is 5.70. The second-order valence-electron chi connectivity index (χ2n) is 4.64. The predicted molar refractivity (Wildman–Crippen MR) is 67.3 cm³/mol. The van der Waals surface area contributed by atoms with Gasteiger partial charge in [-0.3, -0.25) is 4.79 Å². The first-order valence-electron chi connectivity index (χ1n) is 5.21. The first kappa shape index (κ1) is 12.9. The highest BCUT2D eigenvalue weighted by Crippen LogP contribution is 2.18. The smallest absolute Gasteiger partial charge is 0.188 e. The number of carbonyl (C=O) groups is 1. The molecule has 0 fully saturated rings. The van der Waals surface area contributed by atoms with E-state index in [1.807, 2.05) is 12.1 Å². The molecule has 0 saturated carbocycles. The van der Waals surface area contributed by atoms with Crippen LogP contribution in [0.4, 0.5) is 0 Å². The van der Waals surface area contributed by atoms with Gasteiger partial charge in [0.25, 0.3) is 0 Å². The molecule has 0 amide bonds. The van der Waals surface area contributed by atoms with Gasteiger partial charge in [-0.25, -0.2) is 0 Å². The Bertz CT molecular complexity index is 369. The minimum atomic E-state index is -1.51. The summed E-state index contributed by atoms with van der Waals surface area (Å²) < 4.78 is 10.4. The van der Waals surface area contributed by atoms with Gasteiger partial charge in [0.15, 0.2) is 13.1 Å². The van der Waals surface area contributed by atoms with Crippen LogP contribution in [0.15, 0.2) is 18.2 Å². The fourth-order valence-electron chi connectivity index (χ4n) is 1.52. The van der Waals surface area contributed by atoms with Crippen LogP contribution in [-0.4, -0.2) is 28.3 Å². The molecule has 0 radical (unpaired) electrons. The number of para-hydroxylation sites is 1. The molecule has 0 heterocycles. The SMILES string of the molecule is COCOc1c(C=O)cccc1[Si](C)(C)C. The average Bonchev–Trinajstić information content (AvgIpc) is 2.24. The lowest BCUT2D eigenvalue weighted by Crippen LogP contribution is -2.39. The predicted octanol–water partition coefficient (Wildman–Crippen LogP) is 2.03. The molecule has 0 unspecified atom stereocenters. The molecule has 1 aromatic carbocycles. The molecule has 0 atom stereocenters. The maximum atomic E-state index is 11.0. The maximum absolute atomic E-state index is 11.0. The summed E-state index contributed by atoms with van der Waals surface area (Å²) in [5.41, 5.74) is 0.594. The number of aldehydes is 1. The Kier molecular flexibility index (Phi) is 4.26. The Morgan fingerprint density at radius 2 is 2.00 bits per heavy atom. The average molecular weight is 238 g/mol. The van der Waals surface area contributed by atoms with E-state index in [1.54, 1.807) is 13.2 Å². The second-order valence-corrected chi connectivity index (χ2v) is 9.68. The number of hydrogen-bond acceptors (Lipinski definition) is 3. The fraction of sp³-hybridized carbons (Fsp3) is 0.417. The molecule has 3 nitrogen and oxygen atoms in total. The van der Waals surface area contributed by atoms with Crippen LogP contribution in [0, 0.1) is 0 Å². The van der Waals surface area contributed by atoms with Crippen molar-refractivity contribution in [3.8, 4) is 5.75 Å². The minimum Gasteiger partial charge on any atom is -0.467 e. The summed E-state index contributed by atoms with van der Waals surface area (Å²) in [6.45, 7) is 6.83. The van der Waals surface area contributed by atoms with E-state index in [9.17, 15) is 4.79 Å². The van der Waals surface area contributed by atoms with Gasteiger partial charge >= 0.3 is 0 Å². The van der Waals surface area contributed by atoms with Crippen molar-refractivity contribution in [3.63, 3.8) is 0 Å². The number of ether oxygens (including phenoxy) is 2. The Labute approximate surface area is 97.4 Å². The number of benzene rings is 1. The molecule has 4 heteroatoms. The normalized spacial score (nSPS) is 11.2. The molecule has 0 N–H and O–H groups in total. The van der Waals surface area contributed by atoms with Crippen LogP contribution in [-0.2, 0) is 4.74 Å². The maximum Gasteiger partial charge on any atom is 0.188 e. The van der Waals surface area contributed by atoms with Crippen LogP contribution >= 0.6 is 0 Å². The number of methoxy groups -OCH3 is 1. The van der Waals surface area contributed by atoms with Crippen molar-refractivity contribution < 1.29 is 14.3 Å². The van der Waals surface area contributed by atoms with Crippen LogP contribution in [0.25, 0.3) is 0 Å². The number of rotatable bonds is 5. The molecule has 88 valence electrons. The second kappa shape index (κ2) is 5.27.